The lowest BCUT2D eigenvalue weighted by atomic mass is 10.1. The molecule has 0 atom stereocenters. The van der Waals surface area contributed by atoms with Crippen molar-refractivity contribution in [2.75, 3.05) is 5.32 Å². The van der Waals surface area contributed by atoms with Crippen LogP contribution in [0.25, 0.3) is 0 Å². The number of anilines is 1. The van der Waals surface area contributed by atoms with Crippen LogP contribution in [0, 0.1) is 6.92 Å². The first-order chi connectivity index (χ1) is 10.2. The van der Waals surface area contributed by atoms with E-state index in [4.69, 9.17) is 4.52 Å². The quantitative estimate of drug-likeness (QED) is 0.901. The molecule has 2 aromatic rings. The predicted molar refractivity (Wildman–Crippen MR) is 76.2 cm³/mol. The largest absolute Gasteiger partial charge is 0.361 e. The third-order valence-electron chi connectivity index (χ3n) is 3.97. The van der Waals surface area contributed by atoms with Crippen LogP contribution in [-0.2, 0) is 6.42 Å². The average Bonchev–Trinajstić information content (AvgIpc) is 3.17. The number of H-pyrrole nitrogens is 1. The number of aromatic nitrogens is 4. The smallest absolute Gasteiger partial charge is 0.263 e. The van der Waals surface area contributed by atoms with Crippen LogP contribution in [0.3, 0.4) is 0 Å². The van der Waals surface area contributed by atoms with Crippen LogP contribution < -0.4 is 5.32 Å². The molecular weight excluding hydrogens is 270 g/mol. The van der Waals surface area contributed by atoms with Crippen molar-refractivity contribution >= 4 is 11.9 Å². The minimum absolute atomic E-state index is 0.275. The third-order valence-corrected chi connectivity index (χ3v) is 3.97. The van der Waals surface area contributed by atoms with Crippen molar-refractivity contribution in [1.82, 2.24) is 20.3 Å². The van der Waals surface area contributed by atoms with Crippen LogP contribution in [0.4, 0.5) is 5.95 Å². The summed E-state index contributed by atoms with van der Waals surface area (Å²) in [7, 11) is 0. The van der Waals surface area contributed by atoms with Crippen molar-refractivity contribution in [3.05, 3.63) is 22.8 Å². The maximum atomic E-state index is 12.3. The molecule has 0 radical (unpaired) electrons. The molecule has 0 aliphatic heterocycles. The molecule has 7 nitrogen and oxygen atoms in total. The van der Waals surface area contributed by atoms with E-state index in [1.165, 1.54) is 12.8 Å². The van der Waals surface area contributed by atoms with Gasteiger partial charge in [0.05, 0.1) is 5.69 Å². The summed E-state index contributed by atoms with van der Waals surface area (Å²) in [4.78, 5) is 16.7. The highest BCUT2D eigenvalue weighted by Gasteiger charge is 2.23. The summed E-state index contributed by atoms with van der Waals surface area (Å²) in [6, 6.07) is 0. The van der Waals surface area contributed by atoms with Crippen LogP contribution in [0.1, 0.15) is 66.2 Å². The summed E-state index contributed by atoms with van der Waals surface area (Å²) in [5.74, 6) is 1.84. The molecule has 2 N–H and O–H groups in total. The Morgan fingerprint density at radius 1 is 1.43 bits per heavy atom. The van der Waals surface area contributed by atoms with Gasteiger partial charge in [0.15, 0.2) is 0 Å². The lowest BCUT2D eigenvalue weighted by molar-refractivity contribution is 0.102. The van der Waals surface area contributed by atoms with E-state index in [1.54, 1.807) is 6.92 Å². The van der Waals surface area contributed by atoms with Gasteiger partial charge in [-0.05, 0) is 26.2 Å². The standard InChI is InChI=1S/C14H19N5O2/c1-3-10-11(8(2)21-19-10)13(20)16-14-15-12(17-18-14)9-6-4-5-7-9/h9H,3-7H2,1-2H3,(H2,15,16,17,18,20). The van der Waals surface area contributed by atoms with Gasteiger partial charge in [0.2, 0.25) is 5.95 Å². The zero-order valence-corrected chi connectivity index (χ0v) is 12.3. The van der Waals surface area contributed by atoms with E-state index in [9.17, 15) is 4.79 Å². The predicted octanol–water partition coefficient (Wildman–Crippen LogP) is 2.57. The van der Waals surface area contributed by atoms with Crippen LogP contribution in [0.5, 0.6) is 0 Å². The zero-order valence-electron chi connectivity index (χ0n) is 12.3. The fourth-order valence-corrected chi connectivity index (χ4v) is 2.83. The molecule has 0 spiro atoms. The number of rotatable bonds is 4. The first-order valence-corrected chi connectivity index (χ1v) is 7.37. The fourth-order valence-electron chi connectivity index (χ4n) is 2.83. The summed E-state index contributed by atoms with van der Waals surface area (Å²) in [5.41, 5.74) is 1.13. The molecule has 0 unspecified atom stereocenters. The summed E-state index contributed by atoms with van der Waals surface area (Å²) < 4.78 is 5.07. The van der Waals surface area contributed by atoms with Crippen molar-refractivity contribution < 1.29 is 9.32 Å². The minimum atomic E-state index is -0.275. The van der Waals surface area contributed by atoms with E-state index in [2.05, 4.69) is 25.7 Å². The van der Waals surface area contributed by atoms with Crippen LogP contribution in [0.15, 0.2) is 4.52 Å². The van der Waals surface area contributed by atoms with Crippen molar-refractivity contribution in [2.24, 2.45) is 0 Å². The van der Waals surface area contributed by atoms with Gasteiger partial charge in [-0.15, -0.1) is 5.10 Å². The second-order valence-corrected chi connectivity index (χ2v) is 5.39. The Hall–Kier alpha value is -2.18. The van der Waals surface area contributed by atoms with Gasteiger partial charge in [-0.2, -0.15) is 4.98 Å². The number of carbonyl (C=O) groups is 1. The third kappa shape index (κ3) is 2.68. The lowest BCUT2D eigenvalue weighted by Crippen LogP contribution is -2.15. The Morgan fingerprint density at radius 3 is 2.90 bits per heavy atom. The van der Waals surface area contributed by atoms with E-state index in [1.807, 2.05) is 6.92 Å². The highest BCUT2D eigenvalue weighted by Crippen LogP contribution is 2.32. The molecule has 1 amide bonds. The molecule has 3 rings (SSSR count). The molecule has 1 fully saturated rings. The van der Waals surface area contributed by atoms with E-state index < -0.39 is 0 Å². The second kappa shape index (κ2) is 5.67. The SMILES string of the molecule is CCc1noc(C)c1C(=O)Nc1n[nH]c(C2CCCC2)n1. The lowest BCUT2D eigenvalue weighted by Gasteiger charge is -2.02. The van der Waals surface area contributed by atoms with Gasteiger partial charge in [0.1, 0.15) is 17.1 Å². The molecular formula is C14H19N5O2. The molecule has 1 aliphatic rings. The van der Waals surface area contributed by atoms with Crippen LogP contribution in [-0.4, -0.2) is 26.2 Å². The zero-order chi connectivity index (χ0) is 14.8. The summed E-state index contributed by atoms with van der Waals surface area (Å²) in [6.07, 6.45) is 5.36. The highest BCUT2D eigenvalue weighted by molar-refractivity contribution is 6.04. The van der Waals surface area contributed by atoms with E-state index in [-0.39, 0.29) is 5.91 Å². The Labute approximate surface area is 122 Å². The van der Waals surface area contributed by atoms with Gasteiger partial charge in [-0.3, -0.25) is 15.2 Å². The Bertz CT molecular complexity index is 640. The average molecular weight is 289 g/mol. The summed E-state index contributed by atoms with van der Waals surface area (Å²) in [6.45, 7) is 3.65. The number of nitrogens with one attached hydrogen (secondary N) is 2. The molecule has 112 valence electrons. The Morgan fingerprint density at radius 2 is 2.19 bits per heavy atom. The van der Waals surface area contributed by atoms with E-state index in [0.717, 1.165) is 18.7 Å². The number of carbonyl (C=O) groups excluding carboxylic acids is 1. The highest BCUT2D eigenvalue weighted by atomic mass is 16.5. The van der Waals surface area contributed by atoms with Gasteiger partial charge in [-0.1, -0.05) is 24.9 Å². The first kappa shape index (κ1) is 13.8. The molecule has 2 aromatic heterocycles. The first-order valence-electron chi connectivity index (χ1n) is 7.37. The summed E-state index contributed by atoms with van der Waals surface area (Å²) in [5, 5.41) is 13.6. The van der Waals surface area contributed by atoms with Crippen LogP contribution >= 0.6 is 0 Å². The van der Waals surface area contributed by atoms with Gasteiger partial charge >= 0.3 is 0 Å². The van der Waals surface area contributed by atoms with Gasteiger partial charge in [0.25, 0.3) is 5.91 Å². The fraction of sp³-hybridized carbons (Fsp3) is 0.571. The van der Waals surface area contributed by atoms with Crippen molar-refractivity contribution in [3.8, 4) is 0 Å². The van der Waals surface area contributed by atoms with Gasteiger partial charge in [-0.25, -0.2) is 0 Å². The molecule has 0 aromatic carbocycles. The molecule has 7 heteroatoms. The van der Waals surface area contributed by atoms with Crippen molar-refractivity contribution in [1.29, 1.82) is 0 Å². The molecule has 21 heavy (non-hydrogen) atoms. The molecule has 0 bridgehead atoms. The van der Waals surface area contributed by atoms with Crippen molar-refractivity contribution in [3.63, 3.8) is 0 Å². The number of aryl methyl sites for hydroxylation is 2. The Balaban J connectivity index is 1.74. The second-order valence-electron chi connectivity index (χ2n) is 5.39. The Kier molecular flexibility index (Phi) is 3.72. The molecule has 2 heterocycles. The van der Waals surface area contributed by atoms with Crippen molar-refractivity contribution in [2.45, 2.75) is 51.9 Å². The topological polar surface area (TPSA) is 96.7 Å². The van der Waals surface area contributed by atoms with Gasteiger partial charge in [0, 0.05) is 5.92 Å². The van der Waals surface area contributed by atoms with E-state index >= 15 is 0 Å². The van der Waals surface area contributed by atoms with E-state index in [0.29, 0.717) is 35.3 Å². The number of aromatic amines is 1. The maximum absolute atomic E-state index is 12.3. The molecule has 1 saturated carbocycles. The van der Waals surface area contributed by atoms with Crippen LogP contribution in [0.2, 0.25) is 0 Å². The normalized spacial score (nSPS) is 15.5. The summed E-state index contributed by atoms with van der Waals surface area (Å²) >= 11 is 0. The molecule has 1 aliphatic carbocycles. The monoisotopic (exact) mass is 289 g/mol. The number of hydrogen-bond donors (Lipinski definition) is 2. The molecule has 0 saturated heterocycles. The van der Waals surface area contributed by atoms with Gasteiger partial charge < -0.3 is 4.52 Å². The number of nitrogens with zero attached hydrogens (tertiary/aromatic N) is 3. The maximum Gasteiger partial charge on any atom is 0.263 e. The number of hydrogen-bond acceptors (Lipinski definition) is 5. The number of amides is 1. The minimum Gasteiger partial charge on any atom is -0.361 e.